The SMILES string of the molecule is O=C(O)CN1C=CC=Nc2ccccc21. The van der Waals surface area contributed by atoms with Crippen LogP contribution in [0.5, 0.6) is 0 Å². The van der Waals surface area contributed by atoms with Crippen molar-refractivity contribution in [2.45, 2.75) is 0 Å². The summed E-state index contributed by atoms with van der Waals surface area (Å²) >= 11 is 0. The largest absolute Gasteiger partial charge is 0.480 e. The standard InChI is InChI=1S/C11H10N2O2/c14-11(15)8-13-7-3-6-12-9-4-1-2-5-10(9)13/h1-7H,8H2,(H,14,15). The van der Waals surface area contributed by atoms with E-state index in [1.54, 1.807) is 23.4 Å². The van der Waals surface area contributed by atoms with Gasteiger partial charge in [-0.05, 0) is 18.2 Å². The Morgan fingerprint density at radius 1 is 1.40 bits per heavy atom. The number of carboxylic acids is 1. The number of anilines is 1. The third kappa shape index (κ3) is 2.04. The predicted molar refractivity (Wildman–Crippen MR) is 58.7 cm³/mol. The Hall–Kier alpha value is -2.10. The second-order valence-electron chi connectivity index (χ2n) is 3.13. The normalized spacial score (nSPS) is 13.5. The lowest BCUT2D eigenvalue weighted by Crippen LogP contribution is -2.23. The number of rotatable bonds is 2. The maximum Gasteiger partial charge on any atom is 0.323 e. The topological polar surface area (TPSA) is 52.9 Å². The van der Waals surface area contributed by atoms with Crippen LogP contribution in [0.15, 0.2) is 41.5 Å². The Labute approximate surface area is 87.2 Å². The van der Waals surface area contributed by atoms with Crippen LogP contribution in [0.25, 0.3) is 0 Å². The molecule has 1 N–H and O–H groups in total. The minimum atomic E-state index is -0.864. The predicted octanol–water partition coefficient (Wildman–Crippen LogP) is 1.81. The molecule has 2 rings (SSSR count). The molecule has 0 atom stereocenters. The minimum Gasteiger partial charge on any atom is -0.480 e. The summed E-state index contributed by atoms with van der Waals surface area (Å²) in [7, 11) is 0. The zero-order chi connectivity index (χ0) is 10.7. The van der Waals surface area contributed by atoms with Gasteiger partial charge in [-0.25, -0.2) is 0 Å². The lowest BCUT2D eigenvalue weighted by atomic mass is 10.2. The van der Waals surface area contributed by atoms with Gasteiger partial charge >= 0.3 is 5.97 Å². The highest BCUT2D eigenvalue weighted by Crippen LogP contribution is 2.29. The molecule has 0 saturated carbocycles. The molecule has 1 aliphatic rings. The number of hydrogen-bond donors (Lipinski definition) is 1. The molecule has 76 valence electrons. The average molecular weight is 202 g/mol. The van der Waals surface area contributed by atoms with E-state index in [9.17, 15) is 4.79 Å². The Morgan fingerprint density at radius 3 is 3.00 bits per heavy atom. The number of allylic oxidation sites excluding steroid dienone is 1. The average Bonchev–Trinajstić information content (AvgIpc) is 2.41. The maximum absolute atomic E-state index is 10.7. The van der Waals surface area contributed by atoms with Crippen LogP contribution in [0.3, 0.4) is 0 Å². The van der Waals surface area contributed by atoms with Crippen LogP contribution < -0.4 is 4.90 Å². The van der Waals surface area contributed by atoms with Gasteiger partial charge in [0.25, 0.3) is 0 Å². The van der Waals surface area contributed by atoms with E-state index in [0.717, 1.165) is 11.4 Å². The van der Waals surface area contributed by atoms with E-state index in [2.05, 4.69) is 4.99 Å². The van der Waals surface area contributed by atoms with Gasteiger partial charge in [0, 0.05) is 12.4 Å². The van der Waals surface area contributed by atoms with Crippen molar-refractivity contribution in [2.24, 2.45) is 4.99 Å². The van der Waals surface area contributed by atoms with E-state index >= 15 is 0 Å². The summed E-state index contributed by atoms with van der Waals surface area (Å²) in [5.74, 6) is -0.864. The van der Waals surface area contributed by atoms with Gasteiger partial charge in [-0.15, -0.1) is 0 Å². The molecule has 4 nitrogen and oxygen atoms in total. The molecule has 15 heavy (non-hydrogen) atoms. The second-order valence-corrected chi connectivity index (χ2v) is 3.13. The molecule has 0 aliphatic carbocycles. The Balaban J connectivity index is 2.39. The first-order chi connectivity index (χ1) is 7.27. The van der Waals surface area contributed by atoms with Crippen LogP contribution in [0.2, 0.25) is 0 Å². The number of nitrogens with zero attached hydrogens (tertiary/aromatic N) is 2. The van der Waals surface area contributed by atoms with E-state index in [1.807, 2.05) is 24.3 Å². The van der Waals surface area contributed by atoms with Crippen molar-refractivity contribution < 1.29 is 9.90 Å². The number of para-hydroxylation sites is 2. The number of carbonyl (C=O) groups is 1. The summed E-state index contributed by atoms with van der Waals surface area (Å²) in [6.07, 6.45) is 5.09. The van der Waals surface area contributed by atoms with Crippen molar-refractivity contribution in [3.63, 3.8) is 0 Å². The summed E-state index contributed by atoms with van der Waals surface area (Å²) < 4.78 is 0. The van der Waals surface area contributed by atoms with E-state index < -0.39 is 5.97 Å². The quantitative estimate of drug-likeness (QED) is 0.795. The molecular weight excluding hydrogens is 192 g/mol. The van der Waals surface area contributed by atoms with Crippen LogP contribution in [-0.4, -0.2) is 23.8 Å². The van der Waals surface area contributed by atoms with Crippen LogP contribution in [0, 0.1) is 0 Å². The molecule has 0 aromatic heterocycles. The van der Waals surface area contributed by atoms with Crippen LogP contribution in [0.4, 0.5) is 11.4 Å². The van der Waals surface area contributed by atoms with Gasteiger partial charge in [0.2, 0.25) is 0 Å². The molecule has 0 amide bonds. The van der Waals surface area contributed by atoms with Crippen molar-refractivity contribution in [2.75, 3.05) is 11.4 Å². The summed E-state index contributed by atoms with van der Waals surface area (Å²) in [4.78, 5) is 16.5. The van der Waals surface area contributed by atoms with E-state index in [-0.39, 0.29) is 6.54 Å². The minimum absolute atomic E-state index is 0.0587. The lowest BCUT2D eigenvalue weighted by molar-refractivity contribution is -0.135. The van der Waals surface area contributed by atoms with E-state index in [4.69, 9.17) is 5.11 Å². The number of benzene rings is 1. The summed E-state index contributed by atoms with van der Waals surface area (Å²) in [6, 6.07) is 7.45. The molecule has 0 saturated heterocycles. The number of carboxylic acid groups (broad SMARTS) is 1. The molecule has 0 fully saturated rings. The maximum atomic E-state index is 10.7. The summed E-state index contributed by atoms with van der Waals surface area (Å²) in [5, 5.41) is 8.77. The monoisotopic (exact) mass is 202 g/mol. The van der Waals surface area contributed by atoms with E-state index in [0.29, 0.717) is 0 Å². The molecule has 1 heterocycles. The van der Waals surface area contributed by atoms with Gasteiger partial charge in [-0.2, -0.15) is 0 Å². The number of aliphatic carboxylic acids is 1. The van der Waals surface area contributed by atoms with Gasteiger partial charge in [0.05, 0.1) is 11.4 Å². The molecule has 0 radical (unpaired) electrons. The molecule has 0 unspecified atom stereocenters. The fourth-order valence-electron chi connectivity index (χ4n) is 1.45. The third-order valence-corrected chi connectivity index (χ3v) is 2.06. The second kappa shape index (κ2) is 3.96. The highest BCUT2D eigenvalue weighted by molar-refractivity contribution is 5.85. The van der Waals surface area contributed by atoms with Gasteiger partial charge < -0.3 is 10.0 Å². The fraction of sp³-hybridized carbons (Fsp3) is 0.0909. The molecule has 1 aliphatic heterocycles. The van der Waals surface area contributed by atoms with Crippen molar-refractivity contribution in [3.8, 4) is 0 Å². The smallest absolute Gasteiger partial charge is 0.323 e. The first-order valence-corrected chi connectivity index (χ1v) is 4.56. The van der Waals surface area contributed by atoms with Crippen LogP contribution in [-0.2, 0) is 4.79 Å². The fourth-order valence-corrected chi connectivity index (χ4v) is 1.45. The third-order valence-electron chi connectivity index (χ3n) is 2.06. The molecular formula is C11H10N2O2. The Morgan fingerprint density at radius 2 is 2.20 bits per heavy atom. The molecule has 0 spiro atoms. The molecule has 0 bridgehead atoms. The number of aliphatic imine (C=N–C) groups is 1. The highest BCUT2D eigenvalue weighted by atomic mass is 16.4. The van der Waals surface area contributed by atoms with Crippen LogP contribution in [0.1, 0.15) is 0 Å². The molecule has 1 aromatic rings. The molecule has 1 aromatic carbocycles. The Bertz CT molecular complexity index is 438. The van der Waals surface area contributed by atoms with E-state index in [1.165, 1.54) is 0 Å². The molecule has 4 heteroatoms. The first kappa shape index (κ1) is 9.45. The lowest BCUT2D eigenvalue weighted by Gasteiger charge is -2.18. The first-order valence-electron chi connectivity index (χ1n) is 4.56. The van der Waals surface area contributed by atoms with Crippen molar-refractivity contribution in [1.29, 1.82) is 0 Å². The van der Waals surface area contributed by atoms with Crippen molar-refractivity contribution in [1.82, 2.24) is 0 Å². The van der Waals surface area contributed by atoms with Crippen molar-refractivity contribution in [3.05, 3.63) is 36.5 Å². The van der Waals surface area contributed by atoms with Gasteiger partial charge in [-0.1, -0.05) is 12.1 Å². The summed E-state index contributed by atoms with van der Waals surface area (Å²) in [6.45, 7) is -0.0587. The zero-order valence-corrected chi connectivity index (χ0v) is 8.00. The highest BCUT2D eigenvalue weighted by Gasteiger charge is 2.12. The number of hydrogen-bond acceptors (Lipinski definition) is 3. The van der Waals surface area contributed by atoms with Gasteiger partial charge in [0.1, 0.15) is 6.54 Å². The Kier molecular flexibility index (Phi) is 2.49. The van der Waals surface area contributed by atoms with Crippen molar-refractivity contribution >= 4 is 23.6 Å². The van der Waals surface area contributed by atoms with Crippen LogP contribution >= 0.6 is 0 Å². The number of fused-ring (bicyclic) bond motifs is 1. The van der Waals surface area contributed by atoms with Gasteiger partial charge in [-0.3, -0.25) is 9.79 Å². The zero-order valence-electron chi connectivity index (χ0n) is 8.00. The van der Waals surface area contributed by atoms with Gasteiger partial charge in [0.15, 0.2) is 0 Å². The summed E-state index contributed by atoms with van der Waals surface area (Å²) in [5.41, 5.74) is 1.59.